The third-order valence-corrected chi connectivity index (χ3v) is 6.58. The first-order chi connectivity index (χ1) is 14.9. The van der Waals surface area contributed by atoms with Crippen LogP contribution in [0.1, 0.15) is 42.2 Å². The van der Waals surface area contributed by atoms with E-state index in [1.165, 1.54) is 23.1 Å². The first-order valence-corrected chi connectivity index (χ1v) is 11.5. The number of anilines is 1. The smallest absolute Gasteiger partial charge is 0.263 e. The van der Waals surface area contributed by atoms with Crippen molar-refractivity contribution in [2.24, 2.45) is 0 Å². The first kappa shape index (κ1) is 21.0. The van der Waals surface area contributed by atoms with Crippen molar-refractivity contribution in [3.63, 3.8) is 0 Å². The topological polar surface area (TPSA) is 88.6 Å². The van der Waals surface area contributed by atoms with Crippen molar-refractivity contribution < 1.29 is 17.9 Å². The Morgan fingerprint density at radius 1 is 1.06 bits per heavy atom. The van der Waals surface area contributed by atoms with E-state index in [1.54, 1.807) is 25.3 Å². The Bertz CT molecular complexity index is 1210. The Hall–Kier alpha value is -3.23. The van der Waals surface area contributed by atoms with Gasteiger partial charge in [-0.15, -0.1) is 0 Å². The molecule has 1 unspecified atom stereocenters. The zero-order valence-corrected chi connectivity index (χ0v) is 18.1. The quantitative estimate of drug-likeness (QED) is 0.622. The van der Waals surface area contributed by atoms with E-state index in [4.69, 9.17) is 4.74 Å². The van der Waals surface area contributed by atoms with Crippen LogP contribution in [-0.2, 0) is 10.0 Å². The van der Waals surface area contributed by atoms with Crippen LogP contribution >= 0.6 is 0 Å². The molecule has 0 bridgehead atoms. The van der Waals surface area contributed by atoms with Crippen LogP contribution in [0.5, 0.6) is 11.5 Å². The second-order valence-electron chi connectivity index (χ2n) is 7.30. The second kappa shape index (κ2) is 8.49. The summed E-state index contributed by atoms with van der Waals surface area (Å²) in [5.41, 5.74) is 1.03. The van der Waals surface area contributed by atoms with E-state index in [0.717, 1.165) is 5.56 Å². The highest BCUT2D eigenvalue weighted by Gasteiger charge is 2.30. The highest BCUT2D eigenvalue weighted by Crippen LogP contribution is 2.38. The summed E-state index contributed by atoms with van der Waals surface area (Å²) in [7, 11) is -3.87. The molecule has 7 nitrogen and oxygen atoms in total. The molecule has 0 saturated carbocycles. The van der Waals surface area contributed by atoms with Crippen LogP contribution < -0.4 is 14.4 Å². The van der Waals surface area contributed by atoms with Crippen molar-refractivity contribution in [2.75, 3.05) is 11.4 Å². The van der Waals surface area contributed by atoms with Gasteiger partial charge in [0.2, 0.25) is 10.0 Å². The molecule has 31 heavy (non-hydrogen) atoms. The molecule has 1 atom stereocenters. The molecular formula is C23H23N3O4S. The van der Waals surface area contributed by atoms with Crippen LogP contribution in [0.2, 0.25) is 0 Å². The van der Waals surface area contributed by atoms with Gasteiger partial charge >= 0.3 is 0 Å². The van der Waals surface area contributed by atoms with E-state index < -0.39 is 16.1 Å². The standard InChI is InChI=1S/C23H23N3O4S/c1-3-14-26-22-21(10-7-13-24-22)30-20-12-11-18(15-19(20)23(26)27)31(28,29)25-16(2)17-8-5-4-6-9-17/h4-13,15-16,25H,3,14H2,1-2H3. The fraction of sp³-hybridized carbons (Fsp3) is 0.217. The molecule has 1 amide bonds. The van der Waals surface area contributed by atoms with Crippen LogP contribution in [0, 0.1) is 0 Å². The summed E-state index contributed by atoms with van der Waals surface area (Å²) in [5, 5.41) is 0. The first-order valence-electron chi connectivity index (χ1n) is 10.1. The fourth-order valence-corrected chi connectivity index (χ4v) is 4.76. The fourth-order valence-electron chi connectivity index (χ4n) is 3.50. The molecule has 2 aromatic carbocycles. The van der Waals surface area contributed by atoms with Crippen molar-refractivity contribution >= 4 is 21.7 Å². The molecule has 1 aliphatic rings. The third kappa shape index (κ3) is 4.17. The van der Waals surface area contributed by atoms with E-state index in [1.807, 2.05) is 37.3 Å². The summed E-state index contributed by atoms with van der Waals surface area (Å²) in [6.45, 7) is 4.17. The minimum Gasteiger partial charge on any atom is -0.453 e. The lowest BCUT2D eigenvalue weighted by Crippen LogP contribution is -2.32. The van der Waals surface area contributed by atoms with Gasteiger partial charge in [-0.1, -0.05) is 37.3 Å². The summed E-state index contributed by atoms with van der Waals surface area (Å²) >= 11 is 0. The molecule has 160 valence electrons. The highest BCUT2D eigenvalue weighted by atomic mass is 32.2. The zero-order chi connectivity index (χ0) is 22.0. The summed E-state index contributed by atoms with van der Waals surface area (Å²) in [4.78, 5) is 19.1. The van der Waals surface area contributed by atoms with Gasteiger partial charge in [-0.05, 0) is 49.2 Å². The maximum absolute atomic E-state index is 13.3. The van der Waals surface area contributed by atoms with Gasteiger partial charge in [0.1, 0.15) is 5.75 Å². The number of hydrogen-bond acceptors (Lipinski definition) is 5. The van der Waals surface area contributed by atoms with Gasteiger partial charge in [0, 0.05) is 18.8 Å². The van der Waals surface area contributed by atoms with Crippen molar-refractivity contribution in [2.45, 2.75) is 31.2 Å². The number of hydrogen-bond donors (Lipinski definition) is 1. The largest absolute Gasteiger partial charge is 0.453 e. The number of ether oxygens (including phenoxy) is 1. The summed E-state index contributed by atoms with van der Waals surface area (Å²) in [6, 6.07) is 16.7. The molecule has 0 aliphatic carbocycles. The second-order valence-corrected chi connectivity index (χ2v) is 9.01. The van der Waals surface area contributed by atoms with Crippen molar-refractivity contribution in [3.8, 4) is 11.5 Å². The molecule has 1 N–H and O–H groups in total. The number of amides is 1. The number of benzene rings is 2. The molecule has 8 heteroatoms. The zero-order valence-electron chi connectivity index (χ0n) is 17.3. The van der Waals surface area contributed by atoms with E-state index in [9.17, 15) is 13.2 Å². The number of rotatable bonds is 6. The predicted molar refractivity (Wildman–Crippen MR) is 118 cm³/mol. The normalized spacial score (nSPS) is 14.3. The number of fused-ring (bicyclic) bond motifs is 2. The van der Waals surface area contributed by atoms with Crippen LogP contribution in [-0.4, -0.2) is 25.9 Å². The minimum absolute atomic E-state index is 0.00125. The summed E-state index contributed by atoms with van der Waals surface area (Å²) in [5.74, 6) is 0.829. The van der Waals surface area contributed by atoms with Gasteiger partial charge in [0.15, 0.2) is 11.6 Å². The summed E-state index contributed by atoms with van der Waals surface area (Å²) in [6.07, 6.45) is 2.31. The maximum Gasteiger partial charge on any atom is 0.263 e. The Morgan fingerprint density at radius 2 is 1.84 bits per heavy atom. The Balaban J connectivity index is 1.70. The lowest BCUT2D eigenvalue weighted by molar-refractivity contribution is 0.0986. The number of carbonyl (C=O) groups is 1. The van der Waals surface area contributed by atoms with Crippen LogP contribution in [0.25, 0.3) is 0 Å². The van der Waals surface area contributed by atoms with Crippen molar-refractivity contribution in [1.29, 1.82) is 0 Å². The van der Waals surface area contributed by atoms with Crippen LogP contribution in [0.15, 0.2) is 71.8 Å². The van der Waals surface area contributed by atoms with Crippen molar-refractivity contribution in [1.82, 2.24) is 9.71 Å². The van der Waals surface area contributed by atoms with E-state index >= 15 is 0 Å². The van der Waals surface area contributed by atoms with Gasteiger partial charge in [0.25, 0.3) is 5.91 Å². The Morgan fingerprint density at radius 3 is 2.58 bits per heavy atom. The summed E-state index contributed by atoms with van der Waals surface area (Å²) < 4.78 is 34.7. The number of carbonyl (C=O) groups excluding carboxylic acids is 1. The highest BCUT2D eigenvalue weighted by molar-refractivity contribution is 7.89. The minimum atomic E-state index is -3.87. The molecule has 2 heterocycles. The number of aromatic nitrogens is 1. The predicted octanol–water partition coefficient (Wildman–Crippen LogP) is 4.28. The average Bonchev–Trinajstić information content (AvgIpc) is 2.89. The van der Waals surface area contributed by atoms with Gasteiger partial charge in [-0.25, -0.2) is 18.1 Å². The van der Waals surface area contributed by atoms with Gasteiger partial charge < -0.3 is 4.74 Å². The molecule has 0 fully saturated rings. The Kier molecular flexibility index (Phi) is 5.75. The number of nitrogens with zero attached hydrogens (tertiary/aromatic N) is 2. The van der Waals surface area contributed by atoms with Gasteiger partial charge in [-0.2, -0.15) is 0 Å². The molecule has 4 rings (SSSR count). The number of pyridine rings is 1. The molecule has 0 radical (unpaired) electrons. The number of sulfonamides is 1. The van der Waals surface area contributed by atoms with E-state index in [0.29, 0.717) is 30.3 Å². The lowest BCUT2D eigenvalue weighted by Gasteiger charge is -2.20. The molecule has 1 aromatic heterocycles. The lowest BCUT2D eigenvalue weighted by atomic mass is 10.1. The van der Waals surface area contributed by atoms with E-state index in [2.05, 4.69) is 9.71 Å². The van der Waals surface area contributed by atoms with Crippen molar-refractivity contribution in [3.05, 3.63) is 78.0 Å². The molecular weight excluding hydrogens is 414 g/mol. The van der Waals surface area contributed by atoms with E-state index in [-0.39, 0.29) is 16.4 Å². The monoisotopic (exact) mass is 437 g/mol. The molecule has 0 saturated heterocycles. The molecule has 1 aliphatic heterocycles. The van der Waals surface area contributed by atoms with Crippen LogP contribution in [0.3, 0.4) is 0 Å². The SMILES string of the molecule is CCCN1C(=O)c2cc(S(=O)(=O)NC(C)c3ccccc3)ccc2Oc2cccnc21. The number of nitrogens with one attached hydrogen (secondary N) is 1. The maximum atomic E-state index is 13.3. The Labute approximate surface area is 181 Å². The molecule has 0 spiro atoms. The average molecular weight is 438 g/mol. The van der Waals surface area contributed by atoms with Gasteiger partial charge in [0.05, 0.1) is 10.5 Å². The van der Waals surface area contributed by atoms with Crippen LogP contribution in [0.4, 0.5) is 5.82 Å². The van der Waals surface area contributed by atoms with Gasteiger partial charge in [-0.3, -0.25) is 9.69 Å². The molecule has 3 aromatic rings. The third-order valence-electron chi connectivity index (χ3n) is 5.04.